The number of unbranched alkanes of at least 4 members (excludes halogenated alkanes) is 8. The van der Waals surface area contributed by atoms with Crippen LogP contribution in [0.15, 0.2) is 11.8 Å². The summed E-state index contributed by atoms with van der Waals surface area (Å²) in [6.07, 6.45) is 12.5. The van der Waals surface area contributed by atoms with Crippen molar-refractivity contribution in [3.8, 4) is 11.8 Å². The van der Waals surface area contributed by atoms with Crippen LogP contribution in [0.1, 0.15) is 77.6 Å². The summed E-state index contributed by atoms with van der Waals surface area (Å²) in [7, 11) is 0. The minimum atomic E-state index is -0.319. The first-order valence-corrected chi connectivity index (χ1v) is 7.97. The third kappa shape index (κ3) is 13.1. The van der Waals surface area contributed by atoms with E-state index < -0.39 is 0 Å². The van der Waals surface area contributed by atoms with Crippen molar-refractivity contribution in [2.24, 2.45) is 0 Å². The summed E-state index contributed by atoms with van der Waals surface area (Å²) in [5.41, 5.74) is 0.226. The summed E-state index contributed by atoms with van der Waals surface area (Å²) < 4.78 is 0. The second-order valence-electron chi connectivity index (χ2n) is 5.14. The predicted molar refractivity (Wildman–Crippen MR) is 85.4 cm³/mol. The van der Waals surface area contributed by atoms with Gasteiger partial charge in [0.1, 0.15) is 6.29 Å². The van der Waals surface area contributed by atoms with Gasteiger partial charge in [0.25, 0.3) is 5.70 Å². The molecule has 0 saturated heterocycles. The lowest BCUT2D eigenvalue weighted by molar-refractivity contribution is -0.428. The molecule has 118 valence electrons. The minimum Gasteiger partial charge on any atom is -0.303 e. The molecule has 0 aliphatic rings. The van der Waals surface area contributed by atoms with Crippen molar-refractivity contribution in [1.29, 1.82) is 0 Å². The highest BCUT2D eigenvalue weighted by Gasteiger charge is 2.08. The Morgan fingerprint density at radius 1 is 1.10 bits per heavy atom. The molecule has 0 heterocycles. The maximum absolute atomic E-state index is 10.9. The molecular weight excluding hydrogens is 266 g/mol. The predicted octanol–water partition coefficient (Wildman–Crippen LogP) is 4.66. The van der Waals surface area contributed by atoms with Crippen molar-refractivity contribution < 1.29 is 9.72 Å². The Morgan fingerprint density at radius 3 is 2.48 bits per heavy atom. The zero-order chi connectivity index (χ0) is 15.8. The number of nitrogens with zero attached hydrogens (tertiary/aromatic N) is 1. The van der Waals surface area contributed by atoms with Gasteiger partial charge in [-0.25, -0.2) is 0 Å². The maximum atomic E-state index is 10.9. The van der Waals surface area contributed by atoms with Crippen LogP contribution in [0, 0.1) is 22.0 Å². The van der Waals surface area contributed by atoms with Crippen LogP contribution in [0.3, 0.4) is 0 Å². The molecule has 0 unspecified atom stereocenters. The van der Waals surface area contributed by atoms with Gasteiger partial charge in [0.05, 0.1) is 11.0 Å². The van der Waals surface area contributed by atoms with Gasteiger partial charge < -0.3 is 4.79 Å². The van der Waals surface area contributed by atoms with Crippen molar-refractivity contribution >= 4 is 6.29 Å². The lowest BCUT2D eigenvalue weighted by Crippen LogP contribution is -1.98. The topological polar surface area (TPSA) is 60.2 Å². The van der Waals surface area contributed by atoms with E-state index in [1.165, 1.54) is 6.08 Å². The quantitative estimate of drug-likeness (QED) is 0.173. The molecule has 21 heavy (non-hydrogen) atoms. The van der Waals surface area contributed by atoms with Crippen LogP contribution in [0.4, 0.5) is 0 Å². The molecule has 4 heteroatoms. The second-order valence-corrected chi connectivity index (χ2v) is 5.14. The van der Waals surface area contributed by atoms with Gasteiger partial charge in [-0.15, -0.1) is 0 Å². The van der Waals surface area contributed by atoms with E-state index in [0.29, 0.717) is 12.8 Å². The highest BCUT2D eigenvalue weighted by molar-refractivity contribution is 5.48. The largest absolute Gasteiger partial charge is 0.303 e. The average molecular weight is 293 g/mol. The number of hydrogen-bond acceptors (Lipinski definition) is 3. The molecule has 0 spiro atoms. The smallest absolute Gasteiger partial charge is 0.254 e. The fraction of sp³-hybridized carbons (Fsp3) is 0.706. The number of nitro groups is 1. The van der Waals surface area contributed by atoms with Gasteiger partial charge in [0, 0.05) is 19.3 Å². The molecule has 0 rings (SSSR count). The molecule has 0 aromatic heterocycles. The Hall–Kier alpha value is -1.63. The second kappa shape index (κ2) is 14.8. The zero-order valence-corrected chi connectivity index (χ0v) is 13.1. The van der Waals surface area contributed by atoms with E-state index in [-0.39, 0.29) is 10.6 Å². The minimum absolute atomic E-state index is 0.226. The fourth-order valence-corrected chi connectivity index (χ4v) is 1.95. The van der Waals surface area contributed by atoms with Crippen LogP contribution >= 0.6 is 0 Å². The Balaban J connectivity index is 3.89. The Morgan fingerprint density at radius 2 is 1.81 bits per heavy atom. The van der Waals surface area contributed by atoms with E-state index in [0.717, 1.165) is 64.1 Å². The molecule has 0 saturated carbocycles. The van der Waals surface area contributed by atoms with E-state index >= 15 is 0 Å². The Labute approximate surface area is 128 Å². The lowest BCUT2D eigenvalue weighted by atomic mass is 10.1. The van der Waals surface area contributed by atoms with E-state index in [4.69, 9.17) is 0 Å². The van der Waals surface area contributed by atoms with Crippen molar-refractivity contribution in [1.82, 2.24) is 0 Å². The van der Waals surface area contributed by atoms with Gasteiger partial charge in [0.2, 0.25) is 0 Å². The van der Waals surface area contributed by atoms with Gasteiger partial charge in [-0.1, -0.05) is 50.9 Å². The molecule has 0 N–H and O–H groups in total. The van der Waals surface area contributed by atoms with Gasteiger partial charge in [0.15, 0.2) is 0 Å². The number of rotatable bonds is 12. The third-order valence-electron chi connectivity index (χ3n) is 3.24. The first kappa shape index (κ1) is 19.4. The molecule has 0 aliphatic heterocycles. The standard InChI is InChI=1S/C17H27NO3/c1-2-3-4-11-14-17(18(20)21)15-12-9-7-5-6-8-10-13-16-19/h15-16H,2-8,10-11,13-14H2,1H3. The van der Waals surface area contributed by atoms with Crippen LogP contribution in [0.25, 0.3) is 0 Å². The molecular formula is C17H27NO3. The SMILES string of the molecule is CCCCCCC(=CC#CCCCCCCC=O)[N+](=O)[O-]. The van der Waals surface area contributed by atoms with E-state index in [1.54, 1.807) is 0 Å². The van der Waals surface area contributed by atoms with Crippen molar-refractivity contribution in [3.05, 3.63) is 21.9 Å². The monoisotopic (exact) mass is 293 g/mol. The van der Waals surface area contributed by atoms with Crippen LogP contribution in [0.2, 0.25) is 0 Å². The van der Waals surface area contributed by atoms with Crippen LogP contribution in [-0.2, 0) is 4.79 Å². The van der Waals surface area contributed by atoms with Gasteiger partial charge in [-0.2, -0.15) is 0 Å². The zero-order valence-electron chi connectivity index (χ0n) is 13.1. The molecule has 0 fully saturated rings. The molecule has 4 nitrogen and oxygen atoms in total. The third-order valence-corrected chi connectivity index (χ3v) is 3.24. The summed E-state index contributed by atoms with van der Waals surface area (Å²) in [4.78, 5) is 20.7. The highest BCUT2D eigenvalue weighted by Crippen LogP contribution is 2.10. The molecule has 0 atom stereocenters. The Kier molecular flexibility index (Phi) is 13.6. The number of allylic oxidation sites excluding steroid dienone is 2. The first-order chi connectivity index (χ1) is 10.2. The van der Waals surface area contributed by atoms with E-state index in [1.807, 2.05) is 0 Å². The van der Waals surface area contributed by atoms with Crippen LogP contribution < -0.4 is 0 Å². The van der Waals surface area contributed by atoms with Gasteiger partial charge in [-0.05, 0) is 19.3 Å². The number of carbonyl (C=O) groups is 1. The molecule has 0 aliphatic carbocycles. The normalized spacial score (nSPS) is 10.8. The van der Waals surface area contributed by atoms with Gasteiger partial charge in [-0.3, -0.25) is 10.1 Å². The van der Waals surface area contributed by atoms with E-state index in [2.05, 4.69) is 18.8 Å². The average Bonchev–Trinajstić information content (AvgIpc) is 2.47. The van der Waals surface area contributed by atoms with Gasteiger partial charge >= 0.3 is 0 Å². The summed E-state index contributed by atoms with van der Waals surface area (Å²) in [5.74, 6) is 5.76. The molecule has 0 aromatic rings. The maximum Gasteiger partial charge on any atom is 0.254 e. The lowest BCUT2D eigenvalue weighted by Gasteiger charge is -1.97. The summed E-state index contributed by atoms with van der Waals surface area (Å²) >= 11 is 0. The molecule has 0 aromatic carbocycles. The highest BCUT2D eigenvalue weighted by atomic mass is 16.6. The van der Waals surface area contributed by atoms with Crippen LogP contribution in [-0.4, -0.2) is 11.2 Å². The van der Waals surface area contributed by atoms with Crippen molar-refractivity contribution in [2.75, 3.05) is 0 Å². The fourth-order valence-electron chi connectivity index (χ4n) is 1.95. The summed E-state index contributed by atoms with van der Waals surface area (Å²) in [5, 5.41) is 10.9. The van der Waals surface area contributed by atoms with Crippen molar-refractivity contribution in [3.63, 3.8) is 0 Å². The summed E-state index contributed by atoms with van der Waals surface area (Å²) in [6.45, 7) is 2.12. The molecule has 0 radical (unpaired) electrons. The first-order valence-electron chi connectivity index (χ1n) is 7.97. The number of aldehydes is 1. The molecule has 0 bridgehead atoms. The summed E-state index contributed by atoms with van der Waals surface area (Å²) in [6, 6.07) is 0. The number of carbonyl (C=O) groups excluding carboxylic acids is 1. The molecule has 0 amide bonds. The van der Waals surface area contributed by atoms with E-state index in [9.17, 15) is 14.9 Å². The van der Waals surface area contributed by atoms with Crippen molar-refractivity contribution in [2.45, 2.75) is 77.6 Å². The number of hydrogen-bond donors (Lipinski definition) is 0. The van der Waals surface area contributed by atoms with Crippen LogP contribution in [0.5, 0.6) is 0 Å². The Bertz CT molecular complexity index is 377.